The van der Waals surface area contributed by atoms with E-state index < -0.39 is 0 Å². The Bertz CT molecular complexity index is 320. The molecule has 0 aliphatic carbocycles. The van der Waals surface area contributed by atoms with Gasteiger partial charge in [0.25, 0.3) is 0 Å². The van der Waals surface area contributed by atoms with Crippen molar-refractivity contribution in [3.63, 3.8) is 0 Å². The molecule has 0 radical (unpaired) electrons. The van der Waals surface area contributed by atoms with Crippen molar-refractivity contribution in [3.8, 4) is 0 Å². The lowest BCUT2D eigenvalue weighted by molar-refractivity contribution is -0.121. The maximum Gasteiger partial charge on any atom is 0.139 e. The predicted molar refractivity (Wildman–Crippen MR) is 73.7 cm³/mol. The Balaban J connectivity index is 0.000000225. The van der Waals surface area contributed by atoms with Crippen molar-refractivity contribution in [2.75, 3.05) is 26.3 Å². The van der Waals surface area contributed by atoms with Crippen molar-refractivity contribution in [1.29, 1.82) is 0 Å². The van der Waals surface area contributed by atoms with Crippen LogP contribution < -0.4 is 5.32 Å². The van der Waals surface area contributed by atoms with Gasteiger partial charge < -0.3 is 10.1 Å². The molecule has 0 saturated carbocycles. The minimum atomic E-state index is 0.144. The summed E-state index contributed by atoms with van der Waals surface area (Å²) in [6.07, 6.45) is 0.568. The highest BCUT2D eigenvalue weighted by atomic mass is 16.5. The fraction of sp³-hybridized carbons (Fsp3) is 0.533. The zero-order valence-electron chi connectivity index (χ0n) is 11.3. The van der Waals surface area contributed by atoms with Crippen LogP contribution in [0.1, 0.15) is 19.4 Å². The van der Waals surface area contributed by atoms with E-state index in [1.807, 2.05) is 44.2 Å². The van der Waals surface area contributed by atoms with Crippen molar-refractivity contribution >= 4 is 5.78 Å². The minimum Gasteiger partial charge on any atom is -0.379 e. The van der Waals surface area contributed by atoms with E-state index in [0.717, 1.165) is 31.9 Å². The van der Waals surface area contributed by atoms with Gasteiger partial charge in [-0.15, -0.1) is 0 Å². The average Bonchev–Trinajstić information content (AvgIpc) is 2.42. The maximum atomic E-state index is 11.3. The molecule has 0 aromatic heterocycles. The molecule has 0 amide bonds. The van der Waals surface area contributed by atoms with E-state index in [1.165, 1.54) is 0 Å². The molecule has 18 heavy (non-hydrogen) atoms. The first-order valence-electron chi connectivity index (χ1n) is 6.55. The molecule has 100 valence electrons. The summed E-state index contributed by atoms with van der Waals surface area (Å²) in [6.45, 7) is 7.70. The Hall–Kier alpha value is -1.19. The van der Waals surface area contributed by atoms with Crippen LogP contribution in [0.15, 0.2) is 30.3 Å². The number of nitrogens with one attached hydrogen (secondary N) is 1. The third-order valence-corrected chi connectivity index (χ3v) is 2.71. The maximum absolute atomic E-state index is 11.3. The van der Waals surface area contributed by atoms with Gasteiger partial charge in [-0.2, -0.15) is 0 Å². The molecule has 1 heterocycles. The number of benzene rings is 1. The number of morpholine rings is 1. The highest BCUT2D eigenvalue weighted by molar-refractivity contribution is 5.82. The van der Waals surface area contributed by atoms with Crippen molar-refractivity contribution in [1.82, 2.24) is 5.32 Å². The Kier molecular flexibility index (Phi) is 7.30. The second-order valence-electron chi connectivity index (χ2n) is 4.65. The van der Waals surface area contributed by atoms with Gasteiger partial charge in [0.2, 0.25) is 0 Å². The average molecular weight is 249 g/mol. The molecule has 0 bridgehead atoms. The Labute approximate surface area is 110 Å². The molecule has 1 aliphatic rings. The van der Waals surface area contributed by atoms with Gasteiger partial charge in [-0.1, -0.05) is 44.2 Å². The van der Waals surface area contributed by atoms with Gasteiger partial charge in [-0.05, 0) is 5.56 Å². The zero-order valence-corrected chi connectivity index (χ0v) is 11.3. The molecule has 1 aliphatic heterocycles. The van der Waals surface area contributed by atoms with Crippen molar-refractivity contribution in [3.05, 3.63) is 35.9 Å². The molecule has 2 rings (SSSR count). The van der Waals surface area contributed by atoms with E-state index in [4.69, 9.17) is 4.74 Å². The molecule has 0 atom stereocenters. The molecule has 1 aromatic carbocycles. The first kappa shape index (κ1) is 14.9. The largest absolute Gasteiger partial charge is 0.379 e. The summed E-state index contributed by atoms with van der Waals surface area (Å²) < 4.78 is 5.01. The Morgan fingerprint density at radius 1 is 1.22 bits per heavy atom. The number of carbonyl (C=O) groups is 1. The van der Waals surface area contributed by atoms with Gasteiger partial charge in [0, 0.05) is 25.4 Å². The monoisotopic (exact) mass is 249 g/mol. The van der Waals surface area contributed by atoms with E-state index in [-0.39, 0.29) is 5.92 Å². The number of Topliss-reactive ketones (excluding diaryl/α,β-unsaturated/α-hetero) is 1. The molecular formula is C15H23NO2. The molecule has 1 saturated heterocycles. The molecule has 3 heteroatoms. The first-order chi connectivity index (χ1) is 8.70. The van der Waals surface area contributed by atoms with Gasteiger partial charge in [0.15, 0.2) is 0 Å². The smallest absolute Gasteiger partial charge is 0.139 e. The second kappa shape index (κ2) is 8.84. The number of hydrogen-bond donors (Lipinski definition) is 1. The van der Waals surface area contributed by atoms with Gasteiger partial charge in [0.1, 0.15) is 5.78 Å². The number of rotatable bonds is 3. The third-order valence-electron chi connectivity index (χ3n) is 2.71. The predicted octanol–water partition coefficient (Wildman–Crippen LogP) is 2.06. The number of hydrogen-bond acceptors (Lipinski definition) is 3. The summed E-state index contributed by atoms with van der Waals surface area (Å²) in [7, 11) is 0. The topological polar surface area (TPSA) is 38.3 Å². The van der Waals surface area contributed by atoms with E-state index in [2.05, 4.69) is 5.32 Å². The van der Waals surface area contributed by atoms with E-state index >= 15 is 0 Å². The summed E-state index contributed by atoms with van der Waals surface area (Å²) in [5.41, 5.74) is 1.11. The van der Waals surface area contributed by atoms with Gasteiger partial charge >= 0.3 is 0 Å². The summed E-state index contributed by atoms with van der Waals surface area (Å²) in [4.78, 5) is 11.3. The molecular weight excluding hydrogens is 226 g/mol. The van der Waals surface area contributed by atoms with Crippen LogP contribution in [0, 0.1) is 5.92 Å². The van der Waals surface area contributed by atoms with Crippen LogP contribution in [-0.4, -0.2) is 32.1 Å². The molecule has 1 fully saturated rings. The van der Waals surface area contributed by atoms with Crippen molar-refractivity contribution in [2.24, 2.45) is 5.92 Å². The molecule has 1 N–H and O–H groups in total. The SMILES string of the molecule is C1COCCN1.CC(C)C(=O)Cc1ccccc1. The fourth-order valence-electron chi connectivity index (χ4n) is 1.52. The van der Waals surface area contributed by atoms with Gasteiger partial charge in [-0.25, -0.2) is 0 Å². The number of carbonyl (C=O) groups excluding carboxylic acids is 1. The van der Waals surface area contributed by atoms with Crippen LogP contribution in [0.25, 0.3) is 0 Å². The van der Waals surface area contributed by atoms with Crippen molar-refractivity contribution in [2.45, 2.75) is 20.3 Å². The summed E-state index contributed by atoms with van der Waals surface area (Å²) in [6, 6.07) is 9.86. The Morgan fingerprint density at radius 2 is 1.83 bits per heavy atom. The number of ether oxygens (including phenoxy) is 1. The van der Waals surface area contributed by atoms with Crippen LogP contribution in [-0.2, 0) is 16.0 Å². The quantitative estimate of drug-likeness (QED) is 0.891. The summed E-state index contributed by atoms with van der Waals surface area (Å²) in [5, 5.41) is 3.16. The summed E-state index contributed by atoms with van der Waals surface area (Å²) in [5.74, 6) is 0.450. The van der Waals surface area contributed by atoms with Crippen LogP contribution in [0.5, 0.6) is 0 Å². The third kappa shape index (κ3) is 6.52. The Morgan fingerprint density at radius 3 is 2.22 bits per heavy atom. The normalized spacial score (nSPS) is 14.8. The minimum absolute atomic E-state index is 0.144. The second-order valence-corrected chi connectivity index (χ2v) is 4.65. The lowest BCUT2D eigenvalue weighted by Gasteiger charge is -2.10. The molecule has 0 unspecified atom stereocenters. The van der Waals surface area contributed by atoms with Crippen LogP contribution in [0.4, 0.5) is 0 Å². The van der Waals surface area contributed by atoms with E-state index in [1.54, 1.807) is 0 Å². The fourth-order valence-corrected chi connectivity index (χ4v) is 1.52. The van der Waals surface area contributed by atoms with Crippen LogP contribution in [0.3, 0.4) is 0 Å². The molecule has 3 nitrogen and oxygen atoms in total. The van der Waals surface area contributed by atoms with Crippen LogP contribution in [0.2, 0.25) is 0 Å². The van der Waals surface area contributed by atoms with Crippen LogP contribution >= 0.6 is 0 Å². The first-order valence-corrected chi connectivity index (χ1v) is 6.55. The van der Waals surface area contributed by atoms with Gasteiger partial charge in [-0.3, -0.25) is 4.79 Å². The lowest BCUT2D eigenvalue weighted by atomic mass is 10.0. The standard InChI is InChI=1S/C11H14O.C4H9NO/c1-9(2)11(12)8-10-6-4-3-5-7-10;1-3-6-4-2-5-1/h3-7,9H,8H2,1-2H3;5H,1-4H2. The number of ketones is 1. The summed E-state index contributed by atoms with van der Waals surface area (Å²) >= 11 is 0. The van der Waals surface area contributed by atoms with Crippen molar-refractivity contribution < 1.29 is 9.53 Å². The van der Waals surface area contributed by atoms with E-state index in [0.29, 0.717) is 12.2 Å². The van der Waals surface area contributed by atoms with E-state index in [9.17, 15) is 4.79 Å². The molecule has 0 spiro atoms. The highest BCUT2D eigenvalue weighted by Crippen LogP contribution is 2.04. The zero-order chi connectivity index (χ0) is 13.2. The highest BCUT2D eigenvalue weighted by Gasteiger charge is 2.06. The van der Waals surface area contributed by atoms with Gasteiger partial charge in [0.05, 0.1) is 13.2 Å². The molecule has 1 aromatic rings. The lowest BCUT2D eigenvalue weighted by Crippen LogP contribution is -2.30.